The molecule has 1 spiro atoms. The Morgan fingerprint density at radius 1 is 0.373 bits per heavy atom. The first-order valence-electron chi connectivity index (χ1n) is 23.3. The Morgan fingerprint density at radius 3 is 1.69 bits per heavy atom. The lowest BCUT2D eigenvalue weighted by Gasteiger charge is -2.39. The van der Waals surface area contributed by atoms with Gasteiger partial charge in [-0.3, -0.25) is 0 Å². The molecule has 0 amide bonds. The molecular formula is C64H44N2S. The first kappa shape index (κ1) is 38.4. The van der Waals surface area contributed by atoms with Crippen molar-refractivity contribution in [2.75, 3.05) is 4.90 Å². The highest BCUT2D eigenvalue weighted by atomic mass is 32.2. The zero-order valence-corrected chi connectivity index (χ0v) is 38.1. The Hall–Kier alpha value is -7.85. The standard InChI is InChI=1S/C64H44N2S/c1-63(2)52-25-11-6-21-46(52)49-37-36-44(38-56(49)63)65(58-29-15-9-20-45(58)41-18-4-3-5-19-41)42-32-34-43(35-33-42)66-59-30-16-10-24-50(59)51-39-62-57(40-60(51)66)64(55-28-14-17-31-61(55)67-62)53-26-12-7-22-47(53)48-23-8-13-27-54(48)64/h3-40H,1-2H3. The maximum atomic E-state index is 2.53. The molecule has 11 aromatic rings. The van der Waals surface area contributed by atoms with Crippen molar-refractivity contribution in [1.29, 1.82) is 0 Å². The molecule has 0 bridgehead atoms. The summed E-state index contributed by atoms with van der Waals surface area (Å²) in [5, 5.41) is 2.52. The van der Waals surface area contributed by atoms with Crippen molar-refractivity contribution in [3.8, 4) is 39.1 Å². The van der Waals surface area contributed by atoms with Crippen molar-refractivity contribution < 1.29 is 0 Å². The molecule has 14 rings (SSSR count). The molecule has 2 nitrogen and oxygen atoms in total. The van der Waals surface area contributed by atoms with E-state index >= 15 is 0 Å². The minimum atomic E-state index is -0.456. The van der Waals surface area contributed by atoms with Crippen LogP contribution in [0.4, 0.5) is 17.1 Å². The molecule has 0 fully saturated rings. The molecule has 0 saturated heterocycles. The van der Waals surface area contributed by atoms with Gasteiger partial charge >= 0.3 is 0 Å². The molecule has 67 heavy (non-hydrogen) atoms. The first-order chi connectivity index (χ1) is 33.0. The number of fused-ring (bicyclic) bond motifs is 15. The summed E-state index contributed by atoms with van der Waals surface area (Å²) in [4.78, 5) is 5.08. The minimum absolute atomic E-state index is 0.131. The number of hydrogen-bond acceptors (Lipinski definition) is 2. The van der Waals surface area contributed by atoms with Crippen LogP contribution in [0.2, 0.25) is 0 Å². The van der Waals surface area contributed by atoms with E-state index in [-0.39, 0.29) is 5.41 Å². The van der Waals surface area contributed by atoms with Crippen LogP contribution in [0.15, 0.2) is 240 Å². The molecular weight excluding hydrogens is 829 g/mol. The average Bonchev–Trinajstić information content (AvgIpc) is 3.95. The molecule has 2 aliphatic carbocycles. The summed E-state index contributed by atoms with van der Waals surface area (Å²) in [6, 6.07) is 86.1. The van der Waals surface area contributed by atoms with Gasteiger partial charge in [0.15, 0.2) is 0 Å². The van der Waals surface area contributed by atoms with E-state index in [2.05, 4.69) is 254 Å². The Labute approximate surface area is 395 Å². The number of hydrogen-bond donors (Lipinski definition) is 0. The van der Waals surface area contributed by atoms with E-state index in [4.69, 9.17) is 0 Å². The topological polar surface area (TPSA) is 8.17 Å². The second-order valence-corrected chi connectivity index (χ2v) is 19.9. The maximum Gasteiger partial charge on any atom is 0.0736 e. The van der Waals surface area contributed by atoms with Gasteiger partial charge in [0.25, 0.3) is 0 Å². The fourth-order valence-corrected chi connectivity index (χ4v) is 13.3. The summed E-state index contributed by atoms with van der Waals surface area (Å²) in [5.41, 5.74) is 22.1. The SMILES string of the molecule is CC1(C)c2ccccc2-c2ccc(N(c3ccc(-n4c5ccccc5c5cc6c(cc54)C4(c5ccccc5S6)c5ccccc5-c5ccccc54)cc3)c3ccccc3-c3ccccc3)cc21. The predicted octanol–water partition coefficient (Wildman–Crippen LogP) is 17.1. The average molecular weight is 873 g/mol. The van der Waals surface area contributed by atoms with Crippen molar-refractivity contribution in [3.05, 3.63) is 264 Å². The van der Waals surface area contributed by atoms with Gasteiger partial charge in [0.1, 0.15) is 0 Å². The number of aromatic nitrogens is 1. The van der Waals surface area contributed by atoms with Crippen LogP contribution in [-0.4, -0.2) is 4.57 Å². The van der Waals surface area contributed by atoms with Gasteiger partial charge in [0.05, 0.1) is 22.1 Å². The van der Waals surface area contributed by atoms with Crippen molar-refractivity contribution in [1.82, 2.24) is 4.57 Å². The molecule has 3 heteroatoms. The summed E-state index contributed by atoms with van der Waals surface area (Å²) in [5.74, 6) is 0. The third-order valence-corrected chi connectivity index (χ3v) is 16.2. The fraction of sp³-hybridized carbons (Fsp3) is 0.0625. The predicted molar refractivity (Wildman–Crippen MR) is 280 cm³/mol. The van der Waals surface area contributed by atoms with Crippen LogP contribution in [0.5, 0.6) is 0 Å². The number of benzene rings is 10. The quantitative estimate of drug-likeness (QED) is 0.170. The fourth-order valence-electron chi connectivity index (χ4n) is 12.1. The third kappa shape index (κ3) is 5.35. The molecule has 10 aromatic carbocycles. The monoisotopic (exact) mass is 872 g/mol. The second kappa shape index (κ2) is 14.3. The Bertz CT molecular complexity index is 3770. The molecule has 1 aromatic heterocycles. The van der Waals surface area contributed by atoms with Crippen LogP contribution in [-0.2, 0) is 10.8 Å². The van der Waals surface area contributed by atoms with Gasteiger partial charge in [-0.25, -0.2) is 0 Å². The summed E-state index contributed by atoms with van der Waals surface area (Å²) in [6.45, 7) is 4.73. The van der Waals surface area contributed by atoms with Crippen molar-refractivity contribution in [3.63, 3.8) is 0 Å². The highest BCUT2D eigenvalue weighted by molar-refractivity contribution is 7.99. The smallest absolute Gasteiger partial charge is 0.0736 e. The molecule has 3 aliphatic rings. The summed E-state index contributed by atoms with van der Waals surface area (Å²) < 4.78 is 2.50. The van der Waals surface area contributed by atoms with E-state index < -0.39 is 5.41 Å². The van der Waals surface area contributed by atoms with E-state index in [9.17, 15) is 0 Å². The van der Waals surface area contributed by atoms with Crippen LogP contribution in [0, 0.1) is 0 Å². The number of nitrogens with zero attached hydrogens (tertiary/aromatic N) is 2. The van der Waals surface area contributed by atoms with Gasteiger partial charge < -0.3 is 9.47 Å². The van der Waals surface area contributed by atoms with E-state index in [0.29, 0.717) is 0 Å². The molecule has 316 valence electrons. The van der Waals surface area contributed by atoms with Gasteiger partial charge in [-0.2, -0.15) is 0 Å². The number of rotatable bonds is 5. The molecule has 1 aliphatic heterocycles. The Balaban J connectivity index is 0.976. The zero-order chi connectivity index (χ0) is 44.4. The Morgan fingerprint density at radius 2 is 0.940 bits per heavy atom. The molecule has 0 atom stereocenters. The number of para-hydroxylation sites is 2. The lowest BCUT2D eigenvalue weighted by Crippen LogP contribution is -2.32. The van der Waals surface area contributed by atoms with Gasteiger partial charge in [-0.1, -0.05) is 189 Å². The second-order valence-electron chi connectivity index (χ2n) is 18.8. The lowest BCUT2D eigenvalue weighted by atomic mass is 9.67. The van der Waals surface area contributed by atoms with Gasteiger partial charge in [0, 0.05) is 48.6 Å². The third-order valence-electron chi connectivity index (χ3n) is 15.1. The zero-order valence-electron chi connectivity index (χ0n) is 37.2. The van der Waals surface area contributed by atoms with E-state index in [1.807, 2.05) is 11.8 Å². The van der Waals surface area contributed by atoms with Crippen molar-refractivity contribution in [2.45, 2.75) is 34.5 Å². The van der Waals surface area contributed by atoms with Crippen LogP contribution in [0.25, 0.3) is 60.9 Å². The Kier molecular flexibility index (Phi) is 8.21. The minimum Gasteiger partial charge on any atom is -0.310 e. The summed E-state index contributed by atoms with van der Waals surface area (Å²) in [7, 11) is 0. The molecule has 0 unspecified atom stereocenters. The van der Waals surface area contributed by atoms with Gasteiger partial charge in [-0.05, 0) is 128 Å². The van der Waals surface area contributed by atoms with Crippen molar-refractivity contribution >= 4 is 50.6 Å². The van der Waals surface area contributed by atoms with E-state index in [0.717, 1.165) is 22.7 Å². The molecule has 2 heterocycles. The van der Waals surface area contributed by atoms with Crippen molar-refractivity contribution in [2.24, 2.45) is 0 Å². The molecule has 0 N–H and O–H groups in total. The normalized spacial score (nSPS) is 14.3. The largest absolute Gasteiger partial charge is 0.310 e. The van der Waals surface area contributed by atoms with Gasteiger partial charge in [0.2, 0.25) is 0 Å². The molecule has 0 radical (unpaired) electrons. The highest BCUT2D eigenvalue weighted by Crippen LogP contribution is 2.63. The van der Waals surface area contributed by atoms with Crippen LogP contribution < -0.4 is 4.90 Å². The van der Waals surface area contributed by atoms with Gasteiger partial charge in [-0.15, -0.1) is 0 Å². The first-order valence-corrected chi connectivity index (χ1v) is 24.2. The summed E-state index contributed by atoms with van der Waals surface area (Å²) >= 11 is 1.91. The highest BCUT2D eigenvalue weighted by Gasteiger charge is 2.50. The van der Waals surface area contributed by atoms with Crippen LogP contribution >= 0.6 is 11.8 Å². The summed E-state index contributed by atoms with van der Waals surface area (Å²) in [6.07, 6.45) is 0. The van der Waals surface area contributed by atoms with E-state index in [1.165, 1.54) is 98.4 Å². The lowest BCUT2D eigenvalue weighted by molar-refractivity contribution is 0.660. The molecule has 0 saturated carbocycles. The van der Waals surface area contributed by atoms with Crippen LogP contribution in [0.3, 0.4) is 0 Å². The van der Waals surface area contributed by atoms with Crippen LogP contribution in [0.1, 0.15) is 47.2 Å². The van der Waals surface area contributed by atoms with E-state index in [1.54, 1.807) is 0 Å². The maximum absolute atomic E-state index is 2.53. The number of anilines is 3.